The normalized spacial score (nSPS) is 22.8. The van der Waals surface area contributed by atoms with Gasteiger partial charge in [0.1, 0.15) is 0 Å². The van der Waals surface area contributed by atoms with Crippen LogP contribution in [-0.2, 0) is 0 Å². The van der Waals surface area contributed by atoms with Crippen molar-refractivity contribution < 1.29 is 0 Å². The van der Waals surface area contributed by atoms with Gasteiger partial charge in [-0.15, -0.1) is 0 Å². The van der Waals surface area contributed by atoms with Crippen molar-refractivity contribution in [3.8, 4) is 0 Å². The zero-order valence-corrected chi connectivity index (χ0v) is 11.7. The lowest BCUT2D eigenvalue weighted by Crippen LogP contribution is -2.40. The number of hydrogen-bond donors (Lipinski definition) is 1. The maximum Gasteiger partial charge on any atom is 0.191 e. The molecular weight excluding hydrogens is 212 g/mol. The van der Waals surface area contributed by atoms with Crippen molar-refractivity contribution in [2.75, 3.05) is 32.7 Å². The molecule has 1 atom stereocenters. The molecule has 0 amide bonds. The van der Waals surface area contributed by atoms with Crippen LogP contribution in [0.25, 0.3) is 0 Å². The van der Waals surface area contributed by atoms with E-state index in [1.54, 1.807) is 0 Å². The van der Waals surface area contributed by atoms with Crippen molar-refractivity contribution in [2.45, 2.75) is 46.1 Å². The maximum absolute atomic E-state index is 5.95. The second-order valence-electron chi connectivity index (χ2n) is 4.79. The molecule has 100 valence electrons. The molecule has 1 heterocycles. The van der Waals surface area contributed by atoms with Gasteiger partial charge in [-0.25, -0.2) is 0 Å². The number of hydrogen-bond acceptors (Lipinski definition) is 2. The van der Waals surface area contributed by atoms with Gasteiger partial charge >= 0.3 is 0 Å². The highest BCUT2D eigenvalue weighted by Crippen LogP contribution is 2.15. The minimum absolute atomic E-state index is 0.694. The third kappa shape index (κ3) is 4.54. The van der Waals surface area contributed by atoms with Crippen molar-refractivity contribution in [1.29, 1.82) is 0 Å². The lowest BCUT2D eigenvalue weighted by Gasteiger charge is -2.32. The summed E-state index contributed by atoms with van der Waals surface area (Å²) in [5.74, 6) is 0.694. The Morgan fingerprint density at radius 2 is 2.06 bits per heavy atom. The molecule has 0 radical (unpaired) electrons. The van der Waals surface area contributed by atoms with Crippen molar-refractivity contribution in [1.82, 2.24) is 9.80 Å². The summed E-state index contributed by atoms with van der Waals surface area (Å²) >= 11 is 0. The van der Waals surface area contributed by atoms with Gasteiger partial charge in [0.2, 0.25) is 0 Å². The number of aliphatic imine (C=N–C) groups is 1. The van der Waals surface area contributed by atoms with E-state index < -0.39 is 0 Å². The van der Waals surface area contributed by atoms with Crippen LogP contribution < -0.4 is 5.73 Å². The number of nitrogens with zero attached hydrogens (tertiary/aromatic N) is 3. The van der Waals surface area contributed by atoms with Crippen LogP contribution in [0.3, 0.4) is 0 Å². The summed E-state index contributed by atoms with van der Waals surface area (Å²) in [6.45, 7) is 11.5. The van der Waals surface area contributed by atoms with Crippen LogP contribution in [0, 0.1) is 0 Å². The second kappa shape index (κ2) is 7.54. The highest BCUT2D eigenvalue weighted by atomic mass is 15.2. The van der Waals surface area contributed by atoms with Crippen LogP contribution in [0.5, 0.6) is 0 Å². The van der Waals surface area contributed by atoms with E-state index in [4.69, 9.17) is 5.73 Å². The van der Waals surface area contributed by atoms with E-state index in [0.717, 1.165) is 26.2 Å². The van der Waals surface area contributed by atoms with Gasteiger partial charge in [-0.2, -0.15) is 0 Å². The number of nitrogens with two attached hydrogens (primary N) is 1. The molecule has 17 heavy (non-hydrogen) atoms. The first-order chi connectivity index (χ1) is 8.19. The van der Waals surface area contributed by atoms with Gasteiger partial charge in [0.05, 0.1) is 6.54 Å². The Morgan fingerprint density at radius 1 is 1.35 bits per heavy atom. The molecule has 1 unspecified atom stereocenters. The molecule has 1 saturated heterocycles. The summed E-state index contributed by atoms with van der Waals surface area (Å²) in [4.78, 5) is 9.10. The van der Waals surface area contributed by atoms with E-state index in [2.05, 4.69) is 35.6 Å². The fourth-order valence-corrected chi connectivity index (χ4v) is 2.43. The van der Waals surface area contributed by atoms with E-state index in [-0.39, 0.29) is 0 Å². The Labute approximate surface area is 106 Å². The molecule has 0 saturated carbocycles. The van der Waals surface area contributed by atoms with E-state index >= 15 is 0 Å². The summed E-state index contributed by atoms with van der Waals surface area (Å²) < 4.78 is 0. The molecule has 4 nitrogen and oxygen atoms in total. The molecule has 4 heteroatoms. The summed E-state index contributed by atoms with van der Waals surface area (Å²) in [6.07, 6.45) is 4.04. The third-order valence-electron chi connectivity index (χ3n) is 3.69. The molecule has 1 rings (SSSR count). The topological polar surface area (TPSA) is 44.9 Å². The SMILES string of the molecule is CCN(CC)C(N)=NCCN1CCCCC1C. The zero-order chi connectivity index (χ0) is 12.7. The van der Waals surface area contributed by atoms with Crippen molar-refractivity contribution in [3.63, 3.8) is 0 Å². The van der Waals surface area contributed by atoms with Crippen LogP contribution in [0.2, 0.25) is 0 Å². The van der Waals surface area contributed by atoms with E-state index in [9.17, 15) is 0 Å². The minimum atomic E-state index is 0.694. The fraction of sp³-hybridized carbons (Fsp3) is 0.923. The van der Waals surface area contributed by atoms with Gasteiger partial charge in [0, 0.05) is 25.7 Å². The predicted octanol–water partition coefficient (Wildman–Crippen LogP) is 1.52. The zero-order valence-electron chi connectivity index (χ0n) is 11.7. The number of guanidine groups is 1. The maximum atomic E-state index is 5.95. The number of piperidine rings is 1. The van der Waals surface area contributed by atoms with E-state index in [1.165, 1.54) is 25.8 Å². The number of rotatable bonds is 5. The van der Waals surface area contributed by atoms with Crippen LogP contribution in [0.4, 0.5) is 0 Å². The molecular formula is C13H28N4. The van der Waals surface area contributed by atoms with Gasteiger partial charge in [0.15, 0.2) is 5.96 Å². The summed E-state index contributed by atoms with van der Waals surface area (Å²) in [7, 11) is 0. The van der Waals surface area contributed by atoms with E-state index in [1.807, 2.05) is 0 Å². The summed E-state index contributed by atoms with van der Waals surface area (Å²) in [5, 5.41) is 0. The monoisotopic (exact) mass is 240 g/mol. The average molecular weight is 240 g/mol. The highest BCUT2D eigenvalue weighted by Gasteiger charge is 2.17. The lowest BCUT2D eigenvalue weighted by molar-refractivity contribution is 0.165. The standard InChI is InChI=1S/C13H28N4/c1-4-16(5-2)13(14)15-9-11-17-10-7-6-8-12(17)3/h12H,4-11H2,1-3H3,(H2,14,15). The lowest BCUT2D eigenvalue weighted by atomic mass is 10.0. The second-order valence-corrected chi connectivity index (χ2v) is 4.79. The third-order valence-corrected chi connectivity index (χ3v) is 3.69. The molecule has 0 bridgehead atoms. The Morgan fingerprint density at radius 3 is 2.65 bits per heavy atom. The molecule has 1 aliphatic heterocycles. The Hall–Kier alpha value is -0.770. The molecule has 0 aromatic carbocycles. The van der Waals surface area contributed by atoms with Crippen LogP contribution in [0.15, 0.2) is 4.99 Å². The molecule has 0 aromatic heterocycles. The first kappa shape index (κ1) is 14.3. The molecule has 1 aliphatic rings. The van der Waals surface area contributed by atoms with Crippen molar-refractivity contribution >= 4 is 5.96 Å². The Balaban J connectivity index is 2.32. The quantitative estimate of drug-likeness (QED) is 0.585. The Bertz CT molecular complexity index is 236. The number of likely N-dealkylation sites (tertiary alicyclic amines) is 1. The Kier molecular flexibility index (Phi) is 6.34. The highest BCUT2D eigenvalue weighted by molar-refractivity contribution is 5.77. The first-order valence-corrected chi connectivity index (χ1v) is 6.98. The minimum Gasteiger partial charge on any atom is -0.370 e. The molecule has 0 aromatic rings. The van der Waals surface area contributed by atoms with Crippen molar-refractivity contribution in [2.24, 2.45) is 10.7 Å². The molecule has 0 aliphatic carbocycles. The molecule has 0 spiro atoms. The average Bonchev–Trinajstić information content (AvgIpc) is 2.33. The molecule has 2 N–H and O–H groups in total. The van der Waals surface area contributed by atoms with Gasteiger partial charge in [-0.3, -0.25) is 9.89 Å². The molecule has 1 fully saturated rings. The van der Waals surface area contributed by atoms with Crippen LogP contribution >= 0.6 is 0 Å². The van der Waals surface area contributed by atoms with Gasteiger partial charge < -0.3 is 10.6 Å². The summed E-state index contributed by atoms with van der Waals surface area (Å²) in [6, 6.07) is 0.716. The predicted molar refractivity (Wildman–Crippen MR) is 74.3 cm³/mol. The van der Waals surface area contributed by atoms with Crippen LogP contribution in [0.1, 0.15) is 40.0 Å². The van der Waals surface area contributed by atoms with Crippen molar-refractivity contribution in [3.05, 3.63) is 0 Å². The van der Waals surface area contributed by atoms with Gasteiger partial charge in [-0.1, -0.05) is 6.42 Å². The van der Waals surface area contributed by atoms with E-state index in [0.29, 0.717) is 12.0 Å². The fourth-order valence-electron chi connectivity index (χ4n) is 2.43. The smallest absolute Gasteiger partial charge is 0.191 e. The van der Waals surface area contributed by atoms with Gasteiger partial charge in [-0.05, 0) is 40.2 Å². The first-order valence-electron chi connectivity index (χ1n) is 6.98. The van der Waals surface area contributed by atoms with Gasteiger partial charge in [0.25, 0.3) is 0 Å². The largest absolute Gasteiger partial charge is 0.370 e. The van der Waals surface area contributed by atoms with Crippen LogP contribution in [-0.4, -0.2) is 54.5 Å². The summed E-state index contributed by atoms with van der Waals surface area (Å²) in [5.41, 5.74) is 5.95.